The molecule has 16 heavy (non-hydrogen) atoms. The number of hydrogen-bond donors (Lipinski definition) is 2. The molecule has 0 saturated carbocycles. The van der Waals surface area contributed by atoms with Crippen molar-refractivity contribution in [3.05, 3.63) is 48.6 Å². The molecule has 0 aromatic carbocycles. The fraction of sp³-hybridized carbons (Fsp3) is 0.429. The van der Waals surface area contributed by atoms with Crippen molar-refractivity contribution in [2.45, 2.75) is 38.8 Å². The first-order chi connectivity index (χ1) is 7.42. The van der Waals surface area contributed by atoms with E-state index >= 15 is 0 Å². The Labute approximate surface area is 99.4 Å². The molecule has 90 valence electrons. The van der Waals surface area contributed by atoms with Gasteiger partial charge in [-0.15, -0.1) is 6.58 Å². The lowest BCUT2D eigenvalue weighted by atomic mass is 10.1. The van der Waals surface area contributed by atoms with E-state index in [0.717, 1.165) is 12.8 Å². The summed E-state index contributed by atoms with van der Waals surface area (Å²) in [6.45, 7) is 15.3. The van der Waals surface area contributed by atoms with Gasteiger partial charge in [0, 0.05) is 12.1 Å². The quantitative estimate of drug-likeness (QED) is 0.718. The van der Waals surface area contributed by atoms with Gasteiger partial charge in [0.2, 0.25) is 0 Å². The molecule has 1 aliphatic carbocycles. The zero-order chi connectivity index (χ0) is 12.7. The Morgan fingerprint density at radius 2 is 2.00 bits per heavy atom. The van der Waals surface area contributed by atoms with Gasteiger partial charge in [-0.3, -0.25) is 0 Å². The number of rotatable bonds is 3. The van der Waals surface area contributed by atoms with Crippen molar-refractivity contribution in [3.63, 3.8) is 0 Å². The van der Waals surface area contributed by atoms with Crippen LogP contribution in [-0.2, 0) is 0 Å². The Morgan fingerprint density at radius 3 is 2.12 bits per heavy atom. The molecule has 0 radical (unpaired) electrons. The Kier molecular flexibility index (Phi) is 6.70. The Bertz CT molecular complexity index is 300. The maximum atomic E-state index is 5.53. The average molecular weight is 220 g/mol. The molecule has 1 rings (SSSR count). The van der Waals surface area contributed by atoms with Crippen molar-refractivity contribution in [1.29, 1.82) is 0 Å². The van der Waals surface area contributed by atoms with Crippen LogP contribution in [0.4, 0.5) is 0 Å². The molecule has 0 fully saturated rings. The minimum Gasteiger partial charge on any atom is -0.326 e. The van der Waals surface area contributed by atoms with Crippen molar-refractivity contribution < 1.29 is 0 Å². The molecule has 0 saturated heterocycles. The smallest absolute Gasteiger partial charge is 0.0375 e. The lowest BCUT2D eigenvalue weighted by Crippen LogP contribution is -2.38. The van der Waals surface area contributed by atoms with Crippen LogP contribution in [0.1, 0.15) is 26.7 Å². The van der Waals surface area contributed by atoms with E-state index in [1.807, 2.05) is 6.92 Å². The van der Waals surface area contributed by atoms with Crippen LogP contribution in [0.3, 0.4) is 0 Å². The summed E-state index contributed by atoms with van der Waals surface area (Å²) < 4.78 is 0. The predicted octanol–water partition coefficient (Wildman–Crippen LogP) is 2.69. The Balaban J connectivity index is 0.000000281. The highest BCUT2D eigenvalue weighted by Crippen LogP contribution is 2.25. The minimum atomic E-state index is -0.0417. The van der Waals surface area contributed by atoms with Crippen LogP contribution in [0, 0.1) is 0 Å². The first-order valence-electron chi connectivity index (χ1n) is 5.60. The zero-order valence-corrected chi connectivity index (χ0v) is 10.5. The fourth-order valence-electron chi connectivity index (χ4n) is 1.32. The van der Waals surface area contributed by atoms with Crippen molar-refractivity contribution in [2.75, 3.05) is 0 Å². The second kappa shape index (κ2) is 7.20. The van der Waals surface area contributed by atoms with E-state index in [4.69, 9.17) is 11.5 Å². The van der Waals surface area contributed by atoms with Gasteiger partial charge in [0.1, 0.15) is 0 Å². The van der Waals surface area contributed by atoms with Crippen molar-refractivity contribution in [3.8, 4) is 0 Å². The van der Waals surface area contributed by atoms with Gasteiger partial charge in [-0.25, -0.2) is 0 Å². The van der Waals surface area contributed by atoms with E-state index in [0.29, 0.717) is 0 Å². The molecule has 0 aromatic heterocycles. The molecular weight excluding hydrogens is 196 g/mol. The minimum absolute atomic E-state index is 0.0417. The molecule has 0 spiro atoms. The van der Waals surface area contributed by atoms with E-state index in [9.17, 15) is 0 Å². The topological polar surface area (TPSA) is 52.0 Å². The summed E-state index contributed by atoms with van der Waals surface area (Å²) >= 11 is 0. The van der Waals surface area contributed by atoms with Gasteiger partial charge < -0.3 is 11.5 Å². The van der Waals surface area contributed by atoms with E-state index in [-0.39, 0.29) is 12.1 Å². The Morgan fingerprint density at radius 1 is 1.44 bits per heavy atom. The fourth-order valence-corrected chi connectivity index (χ4v) is 1.32. The third-order valence-corrected chi connectivity index (χ3v) is 2.66. The van der Waals surface area contributed by atoms with Gasteiger partial charge in [0.15, 0.2) is 0 Å². The highest BCUT2D eigenvalue weighted by molar-refractivity contribution is 5.44. The molecule has 0 bridgehead atoms. The molecular formula is C14H24N2. The molecule has 2 unspecified atom stereocenters. The molecule has 2 atom stereocenters. The van der Waals surface area contributed by atoms with E-state index < -0.39 is 0 Å². The molecule has 0 heterocycles. The van der Waals surface area contributed by atoms with Crippen LogP contribution >= 0.6 is 0 Å². The van der Waals surface area contributed by atoms with E-state index in [1.165, 1.54) is 16.7 Å². The largest absolute Gasteiger partial charge is 0.326 e. The van der Waals surface area contributed by atoms with Crippen LogP contribution in [0.25, 0.3) is 0 Å². The van der Waals surface area contributed by atoms with Crippen LogP contribution in [-0.4, -0.2) is 12.1 Å². The molecule has 2 heteroatoms. The van der Waals surface area contributed by atoms with Gasteiger partial charge in [0.05, 0.1) is 0 Å². The van der Waals surface area contributed by atoms with Gasteiger partial charge in [-0.05, 0) is 30.9 Å². The lowest BCUT2D eigenvalue weighted by Gasteiger charge is -2.12. The Hall–Kier alpha value is -1.12. The molecule has 1 aliphatic rings. The molecule has 0 amide bonds. The van der Waals surface area contributed by atoms with Gasteiger partial charge >= 0.3 is 0 Å². The maximum Gasteiger partial charge on any atom is 0.0375 e. The van der Waals surface area contributed by atoms with Gasteiger partial charge in [-0.2, -0.15) is 0 Å². The third kappa shape index (κ3) is 5.10. The van der Waals surface area contributed by atoms with Gasteiger partial charge in [0.25, 0.3) is 0 Å². The monoisotopic (exact) mass is 220 g/mol. The summed E-state index contributed by atoms with van der Waals surface area (Å²) in [6, 6.07) is 0.0347. The lowest BCUT2D eigenvalue weighted by molar-refractivity contribution is 0.583. The number of hydrogen-bond acceptors (Lipinski definition) is 2. The van der Waals surface area contributed by atoms with E-state index in [1.54, 1.807) is 6.08 Å². The SMILES string of the molecule is C=C1C=C(C)C(=C)C1.C=CC(N)C(N)CC. The highest BCUT2D eigenvalue weighted by Gasteiger charge is 2.05. The summed E-state index contributed by atoms with van der Waals surface area (Å²) in [7, 11) is 0. The third-order valence-electron chi connectivity index (χ3n) is 2.66. The summed E-state index contributed by atoms with van der Waals surface area (Å²) in [4.78, 5) is 0. The molecule has 2 nitrogen and oxygen atoms in total. The van der Waals surface area contributed by atoms with Crippen molar-refractivity contribution in [1.82, 2.24) is 0 Å². The van der Waals surface area contributed by atoms with E-state index in [2.05, 4.69) is 32.7 Å². The summed E-state index contributed by atoms with van der Waals surface area (Å²) in [6.07, 6.45) is 5.65. The summed E-state index contributed by atoms with van der Waals surface area (Å²) in [5.41, 5.74) is 14.7. The normalized spacial score (nSPS) is 18.4. The average Bonchev–Trinajstić information content (AvgIpc) is 2.54. The molecule has 0 aromatic rings. The zero-order valence-electron chi connectivity index (χ0n) is 10.5. The second-order valence-corrected chi connectivity index (χ2v) is 4.15. The maximum absolute atomic E-state index is 5.53. The standard InChI is InChI=1S/C8H10.C6H14N2/c1-6-4-7(2)8(3)5-6;1-3-5(7)6(8)4-2/h5H,1-2,4H2,3H3;3,5-6H,1,4,7-8H2,2H3. The second-order valence-electron chi connectivity index (χ2n) is 4.15. The van der Waals surface area contributed by atoms with Crippen molar-refractivity contribution in [2.24, 2.45) is 11.5 Å². The molecule has 4 N–H and O–H groups in total. The molecule has 0 aliphatic heterocycles. The summed E-state index contributed by atoms with van der Waals surface area (Å²) in [5, 5.41) is 0. The first-order valence-corrected chi connectivity index (χ1v) is 5.60. The summed E-state index contributed by atoms with van der Waals surface area (Å²) in [5.74, 6) is 0. The van der Waals surface area contributed by atoms with Crippen molar-refractivity contribution >= 4 is 0 Å². The van der Waals surface area contributed by atoms with Crippen LogP contribution in [0.15, 0.2) is 48.6 Å². The highest BCUT2D eigenvalue weighted by atomic mass is 14.8. The number of nitrogens with two attached hydrogens (primary N) is 2. The van der Waals surface area contributed by atoms with Gasteiger partial charge in [-0.1, -0.05) is 37.8 Å². The number of allylic oxidation sites excluding steroid dienone is 4. The van der Waals surface area contributed by atoms with Crippen LogP contribution < -0.4 is 11.5 Å². The van der Waals surface area contributed by atoms with Crippen LogP contribution in [0.5, 0.6) is 0 Å². The first kappa shape index (κ1) is 14.9. The van der Waals surface area contributed by atoms with Crippen LogP contribution in [0.2, 0.25) is 0 Å². The predicted molar refractivity (Wildman–Crippen MR) is 73.1 cm³/mol.